The van der Waals surface area contributed by atoms with E-state index < -0.39 is 24.0 Å². The Hall–Kier alpha value is -2.12. The first-order valence-electron chi connectivity index (χ1n) is 9.68. The molecule has 4 bridgehead atoms. The Bertz CT molecular complexity index is 646. The van der Waals surface area contributed by atoms with Crippen molar-refractivity contribution in [3.63, 3.8) is 0 Å². The summed E-state index contributed by atoms with van der Waals surface area (Å²) < 4.78 is 5.30. The minimum Gasteiger partial charge on any atom is -0.455 e. The Morgan fingerprint density at radius 2 is 1.70 bits per heavy atom. The van der Waals surface area contributed by atoms with E-state index in [4.69, 9.17) is 4.74 Å². The zero-order valence-corrected chi connectivity index (χ0v) is 16.2. The number of hydrogen-bond donors (Lipinski definition) is 3. The maximum atomic E-state index is 12.9. The van der Waals surface area contributed by atoms with Gasteiger partial charge in [-0.2, -0.15) is 0 Å². The summed E-state index contributed by atoms with van der Waals surface area (Å²) >= 11 is 0. The maximum absolute atomic E-state index is 12.9. The molecule has 0 aromatic carbocycles. The lowest BCUT2D eigenvalue weighted by Crippen LogP contribution is -2.64. The van der Waals surface area contributed by atoms with Crippen LogP contribution in [0, 0.1) is 17.3 Å². The molecule has 4 saturated carbocycles. The molecule has 2 atom stereocenters. The zero-order chi connectivity index (χ0) is 19.8. The molecule has 0 radical (unpaired) electrons. The van der Waals surface area contributed by atoms with Gasteiger partial charge in [0.05, 0.1) is 5.41 Å². The van der Waals surface area contributed by atoms with Crippen LogP contribution < -0.4 is 16.0 Å². The highest BCUT2D eigenvalue weighted by Gasteiger charge is 2.61. The first kappa shape index (κ1) is 19.6. The van der Waals surface area contributed by atoms with Crippen LogP contribution in [0.1, 0.15) is 59.3 Å². The van der Waals surface area contributed by atoms with Gasteiger partial charge < -0.3 is 15.4 Å². The molecule has 4 aliphatic carbocycles. The average Bonchev–Trinajstić information content (AvgIpc) is 2.48. The van der Waals surface area contributed by atoms with Crippen molar-refractivity contribution in [2.45, 2.75) is 70.9 Å². The first-order valence-corrected chi connectivity index (χ1v) is 9.68. The molecule has 0 saturated heterocycles. The number of imide groups is 1. The monoisotopic (exact) mass is 379 g/mol. The molecule has 0 spiro atoms. The van der Waals surface area contributed by atoms with Crippen LogP contribution in [0.25, 0.3) is 0 Å². The van der Waals surface area contributed by atoms with Gasteiger partial charge in [0, 0.05) is 18.5 Å². The van der Waals surface area contributed by atoms with Crippen LogP contribution in [-0.4, -0.2) is 42.0 Å². The standard InChI is InChI=1S/C19H29N3O5/c1-11(2)20-17(26)21-15(24)9-27-16(25)18-5-13-4-14(6-18)8-19(7-13,10-18)22-12(3)23/h11,13-14H,4-10H2,1-3H3,(H,22,23)(H2,20,21,24,26)/t13-,14-,18?,19?/m1/s1. The molecule has 4 rings (SSSR count). The van der Waals surface area contributed by atoms with E-state index in [-0.39, 0.29) is 23.5 Å². The number of esters is 1. The lowest BCUT2D eigenvalue weighted by atomic mass is 9.47. The maximum Gasteiger partial charge on any atom is 0.321 e. The van der Waals surface area contributed by atoms with Crippen LogP contribution in [-0.2, 0) is 19.1 Å². The van der Waals surface area contributed by atoms with E-state index in [1.807, 2.05) is 0 Å². The fourth-order valence-corrected chi connectivity index (χ4v) is 5.77. The summed E-state index contributed by atoms with van der Waals surface area (Å²) in [6, 6.07) is -0.706. The van der Waals surface area contributed by atoms with Crippen LogP contribution in [0.15, 0.2) is 0 Å². The molecule has 0 heterocycles. The number of amides is 4. The molecule has 0 aromatic rings. The highest BCUT2D eigenvalue weighted by Crippen LogP contribution is 2.62. The second kappa shape index (κ2) is 7.13. The zero-order valence-electron chi connectivity index (χ0n) is 16.2. The Morgan fingerprint density at radius 1 is 1.07 bits per heavy atom. The van der Waals surface area contributed by atoms with E-state index in [9.17, 15) is 19.2 Å². The van der Waals surface area contributed by atoms with Crippen molar-refractivity contribution >= 4 is 23.8 Å². The summed E-state index contributed by atoms with van der Waals surface area (Å²) in [6.45, 7) is 4.59. The van der Waals surface area contributed by atoms with E-state index in [1.54, 1.807) is 13.8 Å². The normalized spacial score (nSPS) is 33.5. The topological polar surface area (TPSA) is 114 Å². The van der Waals surface area contributed by atoms with Gasteiger partial charge in [-0.3, -0.25) is 19.7 Å². The van der Waals surface area contributed by atoms with Crippen molar-refractivity contribution in [3.05, 3.63) is 0 Å². The van der Waals surface area contributed by atoms with Crippen molar-refractivity contribution in [1.82, 2.24) is 16.0 Å². The van der Waals surface area contributed by atoms with Crippen LogP contribution >= 0.6 is 0 Å². The molecule has 8 heteroatoms. The van der Waals surface area contributed by atoms with Gasteiger partial charge in [0.2, 0.25) is 5.91 Å². The number of rotatable bonds is 5. The molecule has 4 fully saturated rings. The number of carbonyl (C=O) groups is 4. The third-order valence-corrected chi connectivity index (χ3v) is 5.94. The summed E-state index contributed by atoms with van der Waals surface area (Å²) in [6.07, 6.45) is 4.98. The molecular formula is C19H29N3O5. The molecule has 3 N–H and O–H groups in total. The smallest absolute Gasteiger partial charge is 0.321 e. The second-order valence-electron chi connectivity index (χ2n) is 8.96. The van der Waals surface area contributed by atoms with E-state index in [0.717, 1.165) is 32.1 Å². The number of urea groups is 1. The van der Waals surface area contributed by atoms with Gasteiger partial charge >= 0.3 is 12.0 Å². The fourth-order valence-electron chi connectivity index (χ4n) is 5.77. The SMILES string of the molecule is CC(=O)NC12C[C@@H]3C[C@@H](C1)CC(C(=O)OCC(=O)NC(=O)NC(C)C)(C3)C2. The van der Waals surface area contributed by atoms with Gasteiger partial charge in [0.25, 0.3) is 5.91 Å². The Labute approximate surface area is 159 Å². The Kier molecular flexibility index (Phi) is 5.18. The molecule has 0 unspecified atom stereocenters. The lowest BCUT2D eigenvalue weighted by molar-refractivity contribution is -0.177. The second-order valence-corrected chi connectivity index (χ2v) is 8.96. The van der Waals surface area contributed by atoms with Crippen LogP contribution in [0.4, 0.5) is 4.79 Å². The third kappa shape index (κ3) is 4.25. The Balaban J connectivity index is 1.60. The number of hydrogen-bond acceptors (Lipinski definition) is 5. The summed E-state index contributed by atoms with van der Waals surface area (Å²) in [5.74, 6) is -0.308. The predicted octanol–water partition coefficient (Wildman–Crippen LogP) is 1.24. The van der Waals surface area contributed by atoms with E-state index in [2.05, 4.69) is 16.0 Å². The van der Waals surface area contributed by atoms with Crippen molar-refractivity contribution in [2.24, 2.45) is 17.3 Å². The van der Waals surface area contributed by atoms with Gasteiger partial charge in [-0.05, 0) is 64.2 Å². The summed E-state index contributed by atoms with van der Waals surface area (Å²) in [5, 5.41) is 7.79. The fraction of sp³-hybridized carbons (Fsp3) is 0.789. The minimum atomic E-state index is -0.650. The molecule has 8 nitrogen and oxygen atoms in total. The highest BCUT2D eigenvalue weighted by molar-refractivity contribution is 5.95. The van der Waals surface area contributed by atoms with Crippen molar-refractivity contribution in [1.29, 1.82) is 0 Å². The summed E-state index contributed by atoms with van der Waals surface area (Å²) in [5.41, 5.74) is -0.957. The number of nitrogens with one attached hydrogen (secondary N) is 3. The molecule has 0 aromatic heterocycles. The molecule has 4 amide bonds. The predicted molar refractivity (Wildman–Crippen MR) is 96.4 cm³/mol. The van der Waals surface area contributed by atoms with Crippen LogP contribution in [0.5, 0.6) is 0 Å². The lowest BCUT2D eigenvalue weighted by Gasteiger charge is -2.60. The minimum absolute atomic E-state index is 0.0731. The van der Waals surface area contributed by atoms with Gasteiger partial charge in [0.15, 0.2) is 6.61 Å². The van der Waals surface area contributed by atoms with E-state index >= 15 is 0 Å². The quantitative estimate of drug-likeness (QED) is 0.622. The molecule has 150 valence electrons. The van der Waals surface area contributed by atoms with Gasteiger partial charge in [-0.25, -0.2) is 4.79 Å². The van der Waals surface area contributed by atoms with Crippen molar-refractivity contribution in [3.8, 4) is 0 Å². The Morgan fingerprint density at radius 3 is 2.26 bits per heavy atom. The molecule has 0 aliphatic heterocycles. The summed E-state index contributed by atoms with van der Waals surface area (Å²) in [4.78, 5) is 48.0. The van der Waals surface area contributed by atoms with Crippen molar-refractivity contribution in [2.75, 3.05) is 6.61 Å². The number of carbonyl (C=O) groups excluding carboxylic acids is 4. The molecule has 27 heavy (non-hydrogen) atoms. The molecule has 4 aliphatic rings. The first-order chi connectivity index (χ1) is 12.6. The average molecular weight is 379 g/mol. The number of ether oxygens (including phenoxy) is 1. The van der Waals surface area contributed by atoms with Crippen LogP contribution in [0.2, 0.25) is 0 Å². The van der Waals surface area contributed by atoms with E-state index in [0.29, 0.717) is 18.3 Å². The largest absolute Gasteiger partial charge is 0.455 e. The van der Waals surface area contributed by atoms with Gasteiger partial charge in [-0.1, -0.05) is 0 Å². The third-order valence-electron chi connectivity index (χ3n) is 5.94. The summed E-state index contributed by atoms with van der Waals surface area (Å²) in [7, 11) is 0. The highest BCUT2D eigenvalue weighted by atomic mass is 16.5. The van der Waals surface area contributed by atoms with Gasteiger partial charge in [0.1, 0.15) is 0 Å². The van der Waals surface area contributed by atoms with Crippen molar-refractivity contribution < 1.29 is 23.9 Å². The molecular weight excluding hydrogens is 350 g/mol. The van der Waals surface area contributed by atoms with E-state index in [1.165, 1.54) is 6.92 Å². The van der Waals surface area contributed by atoms with Gasteiger partial charge in [-0.15, -0.1) is 0 Å². The van der Waals surface area contributed by atoms with Crippen LogP contribution in [0.3, 0.4) is 0 Å².